The van der Waals surface area contributed by atoms with Crippen molar-refractivity contribution in [2.24, 2.45) is 0 Å². The Morgan fingerprint density at radius 3 is 2.26 bits per heavy atom. The Morgan fingerprint density at radius 2 is 1.79 bits per heavy atom. The number of rotatable bonds is 5. The van der Waals surface area contributed by atoms with E-state index >= 15 is 0 Å². The van der Waals surface area contributed by atoms with Crippen LogP contribution in [0.25, 0.3) is 0 Å². The average Bonchev–Trinajstić information content (AvgIpc) is 2.25. The maximum atomic E-state index is 12.0. The Morgan fingerprint density at radius 1 is 1.26 bits per heavy atom. The minimum absolute atomic E-state index is 0.00558. The maximum Gasteiger partial charge on any atom is 0.390 e. The number of alkyl halides is 4. The molecule has 108 valence electrons. The SMILES string of the molecule is Cc1ccc(S(=O)(=O)NCC(Cl)CC(F)(F)F)cc1. The summed E-state index contributed by atoms with van der Waals surface area (Å²) in [7, 11) is -3.83. The van der Waals surface area contributed by atoms with Crippen molar-refractivity contribution in [1.82, 2.24) is 4.72 Å². The number of hydrogen-bond donors (Lipinski definition) is 1. The first-order chi connectivity index (χ1) is 8.60. The summed E-state index contributed by atoms with van der Waals surface area (Å²) < 4.78 is 61.7. The van der Waals surface area contributed by atoms with Crippen LogP contribution >= 0.6 is 11.6 Å². The van der Waals surface area contributed by atoms with E-state index in [1.807, 2.05) is 0 Å². The largest absolute Gasteiger partial charge is 0.390 e. The molecule has 0 aliphatic carbocycles. The maximum absolute atomic E-state index is 12.0. The van der Waals surface area contributed by atoms with E-state index in [9.17, 15) is 21.6 Å². The van der Waals surface area contributed by atoms with Crippen LogP contribution in [0.5, 0.6) is 0 Å². The van der Waals surface area contributed by atoms with Crippen LogP contribution in [0.4, 0.5) is 13.2 Å². The molecular weight excluding hydrogens is 303 g/mol. The van der Waals surface area contributed by atoms with E-state index in [1.54, 1.807) is 19.1 Å². The molecule has 1 N–H and O–H groups in total. The molecule has 0 bridgehead atoms. The van der Waals surface area contributed by atoms with Gasteiger partial charge in [0.2, 0.25) is 10.0 Å². The van der Waals surface area contributed by atoms with E-state index in [1.165, 1.54) is 12.1 Å². The van der Waals surface area contributed by atoms with Gasteiger partial charge in [0, 0.05) is 6.54 Å². The first-order valence-electron chi connectivity index (χ1n) is 5.37. The van der Waals surface area contributed by atoms with Gasteiger partial charge >= 0.3 is 6.18 Å². The third-order valence-electron chi connectivity index (χ3n) is 2.28. The number of halogens is 4. The summed E-state index contributed by atoms with van der Waals surface area (Å²) in [5.41, 5.74) is 0.881. The lowest BCUT2D eigenvalue weighted by Gasteiger charge is -2.13. The highest BCUT2D eigenvalue weighted by Crippen LogP contribution is 2.24. The highest BCUT2D eigenvalue weighted by atomic mass is 35.5. The molecule has 8 heteroatoms. The third-order valence-corrected chi connectivity index (χ3v) is 4.03. The fraction of sp³-hybridized carbons (Fsp3) is 0.455. The Kier molecular flexibility index (Phi) is 5.23. The highest BCUT2D eigenvalue weighted by Gasteiger charge is 2.31. The summed E-state index contributed by atoms with van der Waals surface area (Å²) >= 11 is 5.44. The monoisotopic (exact) mass is 315 g/mol. The average molecular weight is 316 g/mol. The summed E-state index contributed by atoms with van der Waals surface area (Å²) in [6.45, 7) is 1.32. The van der Waals surface area contributed by atoms with Crippen molar-refractivity contribution >= 4 is 21.6 Å². The lowest BCUT2D eigenvalue weighted by atomic mass is 10.2. The Bertz CT molecular complexity index is 514. The number of hydrogen-bond acceptors (Lipinski definition) is 2. The molecule has 0 heterocycles. The van der Waals surface area contributed by atoms with Gasteiger partial charge in [0.15, 0.2) is 0 Å². The van der Waals surface area contributed by atoms with Gasteiger partial charge in [-0.25, -0.2) is 13.1 Å². The van der Waals surface area contributed by atoms with Crippen molar-refractivity contribution in [3.05, 3.63) is 29.8 Å². The van der Waals surface area contributed by atoms with Crippen molar-refractivity contribution in [3.63, 3.8) is 0 Å². The highest BCUT2D eigenvalue weighted by molar-refractivity contribution is 7.89. The zero-order chi connectivity index (χ0) is 14.7. The van der Waals surface area contributed by atoms with Gasteiger partial charge in [0.25, 0.3) is 0 Å². The van der Waals surface area contributed by atoms with Crippen LogP contribution in [-0.2, 0) is 10.0 Å². The van der Waals surface area contributed by atoms with E-state index in [0.717, 1.165) is 5.56 Å². The van der Waals surface area contributed by atoms with Gasteiger partial charge < -0.3 is 0 Å². The van der Waals surface area contributed by atoms with Gasteiger partial charge in [-0.05, 0) is 19.1 Å². The van der Waals surface area contributed by atoms with Crippen LogP contribution < -0.4 is 4.72 Å². The molecule has 1 unspecified atom stereocenters. The molecule has 3 nitrogen and oxygen atoms in total. The standard InChI is InChI=1S/C11H13ClF3NO2S/c1-8-2-4-10(5-3-8)19(17,18)16-7-9(12)6-11(13,14)15/h2-5,9,16H,6-7H2,1H3. The second-order valence-electron chi connectivity index (χ2n) is 4.08. The molecule has 1 atom stereocenters. The normalized spacial score (nSPS) is 14.4. The molecule has 0 spiro atoms. The van der Waals surface area contributed by atoms with Gasteiger partial charge in [0.1, 0.15) is 0 Å². The third kappa shape index (κ3) is 5.80. The minimum atomic E-state index is -4.41. The van der Waals surface area contributed by atoms with E-state index in [-0.39, 0.29) is 4.90 Å². The second-order valence-corrected chi connectivity index (χ2v) is 6.47. The summed E-state index contributed by atoms with van der Waals surface area (Å²) in [6.07, 6.45) is -5.66. The fourth-order valence-electron chi connectivity index (χ4n) is 1.32. The molecule has 0 saturated carbocycles. The fourth-order valence-corrected chi connectivity index (χ4v) is 2.75. The molecule has 0 aromatic heterocycles. The van der Waals surface area contributed by atoms with Crippen molar-refractivity contribution in [2.45, 2.75) is 29.8 Å². The predicted molar refractivity (Wildman–Crippen MR) is 66.7 cm³/mol. The van der Waals surface area contributed by atoms with Crippen molar-refractivity contribution < 1.29 is 21.6 Å². The molecule has 0 amide bonds. The van der Waals surface area contributed by atoms with Gasteiger partial charge in [-0.3, -0.25) is 0 Å². The van der Waals surface area contributed by atoms with Crippen LogP contribution in [0.2, 0.25) is 0 Å². The van der Waals surface area contributed by atoms with Gasteiger partial charge in [-0.15, -0.1) is 11.6 Å². The molecule has 0 fully saturated rings. The quantitative estimate of drug-likeness (QED) is 0.849. The van der Waals surface area contributed by atoms with Crippen LogP contribution in [0.15, 0.2) is 29.2 Å². The Hall–Kier alpha value is -0.790. The molecular formula is C11H13ClF3NO2S. The summed E-state index contributed by atoms with van der Waals surface area (Å²) in [4.78, 5) is -0.00558. The first-order valence-corrected chi connectivity index (χ1v) is 7.29. The molecule has 0 saturated heterocycles. The Labute approximate surface area is 114 Å². The van der Waals surface area contributed by atoms with Crippen molar-refractivity contribution in [3.8, 4) is 0 Å². The molecule has 0 radical (unpaired) electrons. The summed E-state index contributed by atoms with van der Waals surface area (Å²) in [5, 5.41) is -1.33. The smallest absolute Gasteiger partial charge is 0.210 e. The molecule has 1 aromatic rings. The lowest BCUT2D eigenvalue weighted by molar-refractivity contribution is -0.134. The molecule has 1 rings (SSSR count). The second kappa shape index (κ2) is 6.11. The number of benzene rings is 1. The number of sulfonamides is 1. The molecule has 0 aliphatic heterocycles. The van der Waals surface area contributed by atoms with Gasteiger partial charge in [-0.2, -0.15) is 13.2 Å². The zero-order valence-electron chi connectivity index (χ0n) is 10.0. The summed E-state index contributed by atoms with van der Waals surface area (Å²) in [6, 6.07) is 5.96. The molecule has 1 aromatic carbocycles. The lowest BCUT2D eigenvalue weighted by Crippen LogP contribution is -2.32. The molecule has 19 heavy (non-hydrogen) atoms. The van der Waals surface area contributed by atoms with Crippen LogP contribution in [0.1, 0.15) is 12.0 Å². The van der Waals surface area contributed by atoms with Gasteiger partial charge in [0.05, 0.1) is 16.7 Å². The van der Waals surface area contributed by atoms with Crippen LogP contribution in [-0.4, -0.2) is 26.5 Å². The van der Waals surface area contributed by atoms with E-state index in [2.05, 4.69) is 4.72 Å². The Balaban J connectivity index is 2.63. The van der Waals surface area contributed by atoms with E-state index in [0.29, 0.717) is 0 Å². The van der Waals surface area contributed by atoms with Crippen LogP contribution in [0.3, 0.4) is 0 Å². The topological polar surface area (TPSA) is 46.2 Å². The predicted octanol–water partition coefficient (Wildman–Crippen LogP) is 2.83. The zero-order valence-corrected chi connectivity index (χ0v) is 11.6. The molecule has 0 aliphatic rings. The van der Waals surface area contributed by atoms with Gasteiger partial charge in [-0.1, -0.05) is 17.7 Å². The summed E-state index contributed by atoms with van der Waals surface area (Å²) in [5.74, 6) is 0. The van der Waals surface area contributed by atoms with E-state index < -0.39 is 34.5 Å². The minimum Gasteiger partial charge on any atom is -0.210 e. The van der Waals surface area contributed by atoms with Crippen molar-refractivity contribution in [2.75, 3.05) is 6.54 Å². The first kappa shape index (κ1) is 16.3. The number of aryl methyl sites for hydroxylation is 1. The van der Waals surface area contributed by atoms with Crippen LogP contribution in [0, 0.1) is 6.92 Å². The van der Waals surface area contributed by atoms with Crippen molar-refractivity contribution in [1.29, 1.82) is 0 Å². The van der Waals surface area contributed by atoms with E-state index in [4.69, 9.17) is 11.6 Å². The number of nitrogens with one attached hydrogen (secondary N) is 1.